The van der Waals surface area contributed by atoms with Crippen molar-refractivity contribution in [3.63, 3.8) is 0 Å². The highest BCUT2D eigenvalue weighted by Crippen LogP contribution is 2.22. The summed E-state index contributed by atoms with van der Waals surface area (Å²) < 4.78 is 15.1. The second-order valence-corrected chi connectivity index (χ2v) is 5.41. The van der Waals surface area contributed by atoms with Gasteiger partial charge in [-0.1, -0.05) is 31.5 Å². The molecule has 1 heterocycles. The van der Waals surface area contributed by atoms with Gasteiger partial charge < -0.3 is 5.32 Å². The van der Waals surface area contributed by atoms with Crippen LogP contribution in [-0.2, 0) is 25.9 Å². The lowest BCUT2D eigenvalue weighted by molar-refractivity contribution is 0.619. The van der Waals surface area contributed by atoms with Crippen LogP contribution in [0.4, 0.5) is 4.39 Å². The summed E-state index contributed by atoms with van der Waals surface area (Å²) in [6.45, 7) is 5.61. The molecule has 0 fully saturated rings. The largest absolute Gasteiger partial charge is 0.316 e. The van der Waals surface area contributed by atoms with Crippen LogP contribution in [0, 0.1) is 5.82 Å². The molecule has 21 heavy (non-hydrogen) atoms. The zero-order valence-electron chi connectivity index (χ0n) is 12.7. The highest BCUT2D eigenvalue weighted by Gasteiger charge is 2.15. The minimum absolute atomic E-state index is 0.315. The van der Waals surface area contributed by atoms with Crippen LogP contribution in [0.1, 0.15) is 36.4 Å². The monoisotopic (exact) mass is 309 g/mol. The van der Waals surface area contributed by atoms with Crippen molar-refractivity contribution < 1.29 is 4.39 Å². The SMILES string of the molecule is CCc1nn(Cc2ccc(F)cc2Cl)c(CC)c1CNC. The zero-order valence-corrected chi connectivity index (χ0v) is 13.5. The van der Waals surface area contributed by atoms with Crippen molar-refractivity contribution in [2.45, 2.75) is 39.8 Å². The smallest absolute Gasteiger partial charge is 0.124 e. The molecule has 0 unspecified atom stereocenters. The lowest BCUT2D eigenvalue weighted by atomic mass is 10.1. The Hall–Kier alpha value is -1.39. The van der Waals surface area contributed by atoms with Crippen molar-refractivity contribution in [2.75, 3.05) is 7.05 Å². The van der Waals surface area contributed by atoms with E-state index in [-0.39, 0.29) is 5.82 Å². The third-order valence-corrected chi connectivity index (χ3v) is 3.96. The van der Waals surface area contributed by atoms with Gasteiger partial charge in [-0.15, -0.1) is 0 Å². The number of aryl methyl sites for hydroxylation is 1. The second kappa shape index (κ2) is 7.05. The molecule has 0 radical (unpaired) electrons. The molecule has 1 N–H and O–H groups in total. The van der Waals surface area contributed by atoms with Crippen molar-refractivity contribution in [3.8, 4) is 0 Å². The van der Waals surface area contributed by atoms with Crippen molar-refractivity contribution in [1.29, 1.82) is 0 Å². The first-order valence-corrected chi connectivity index (χ1v) is 7.64. The molecular weight excluding hydrogens is 289 g/mol. The summed E-state index contributed by atoms with van der Waals surface area (Å²) in [5.74, 6) is -0.315. The molecule has 0 bridgehead atoms. The topological polar surface area (TPSA) is 29.9 Å². The molecule has 0 saturated carbocycles. The van der Waals surface area contributed by atoms with E-state index in [0.717, 1.165) is 30.6 Å². The number of hydrogen-bond donors (Lipinski definition) is 1. The maximum atomic E-state index is 13.1. The number of hydrogen-bond acceptors (Lipinski definition) is 2. The van der Waals surface area contributed by atoms with Crippen LogP contribution >= 0.6 is 11.6 Å². The van der Waals surface area contributed by atoms with Crippen molar-refractivity contribution in [3.05, 3.63) is 51.6 Å². The van der Waals surface area contributed by atoms with Crippen molar-refractivity contribution >= 4 is 11.6 Å². The Bertz CT molecular complexity index is 622. The molecule has 3 nitrogen and oxygen atoms in total. The van der Waals surface area contributed by atoms with Crippen molar-refractivity contribution in [1.82, 2.24) is 15.1 Å². The van der Waals surface area contributed by atoms with Crippen LogP contribution in [0.25, 0.3) is 0 Å². The van der Waals surface area contributed by atoms with E-state index in [1.165, 1.54) is 23.4 Å². The van der Waals surface area contributed by atoms with E-state index in [9.17, 15) is 4.39 Å². The molecule has 1 aromatic heterocycles. The molecule has 0 atom stereocenters. The Morgan fingerprint density at radius 2 is 2.05 bits per heavy atom. The van der Waals surface area contributed by atoms with Gasteiger partial charge in [-0.3, -0.25) is 4.68 Å². The van der Waals surface area contributed by atoms with Crippen LogP contribution in [0.5, 0.6) is 0 Å². The number of aromatic nitrogens is 2. The second-order valence-electron chi connectivity index (χ2n) is 5.00. The molecule has 0 aliphatic carbocycles. The van der Waals surface area contributed by atoms with Gasteiger partial charge in [-0.2, -0.15) is 5.10 Å². The first-order valence-electron chi connectivity index (χ1n) is 7.26. The van der Waals surface area contributed by atoms with E-state index in [4.69, 9.17) is 16.7 Å². The summed E-state index contributed by atoms with van der Waals surface area (Å²) in [5.41, 5.74) is 4.47. The van der Waals surface area contributed by atoms with E-state index in [0.29, 0.717) is 11.6 Å². The highest BCUT2D eigenvalue weighted by molar-refractivity contribution is 6.31. The zero-order chi connectivity index (χ0) is 15.4. The normalized spacial score (nSPS) is 11.1. The fourth-order valence-electron chi connectivity index (χ4n) is 2.59. The molecular formula is C16H21ClFN3. The van der Waals surface area contributed by atoms with E-state index in [1.54, 1.807) is 6.07 Å². The fourth-order valence-corrected chi connectivity index (χ4v) is 2.82. The summed E-state index contributed by atoms with van der Waals surface area (Å²) in [6.07, 6.45) is 1.80. The number of halogens is 2. The number of nitrogens with zero attached hydrogens (tertiary/aromatic N) is 2. The van der Waals surface area contributed by atoms with Gasteiger partial charge in [0.2, 0.25) is 0 Å². The molecule has 2 rings (SSSR count). The summed E-state index contributed by atoms with van der Waals surface area (Å²) in [5, 5.41) is 8.35. The number of benzene rings is 1. The molecule has 0 aliphatic rings. The van der Waals surface area contributed by atoms with E-state index >= 15 is 0 Å². The average Bonchev–Trinajstić information content (AvgIpc) is 2.79. The van der Waals surface area contributed by atoms with Gasteiger partial charge in [0, 0.05) is 22.8 Å². The van der Waals surface area contributed by atoms with Gasteiger partial charge in [0.1, 0.15) is 5.82 Å². The molecule has 0 aliphatic heterocycles. The predicted octanol–water partition coefficient (Wildman–Crippen LogP) is 3.57. The minimum atomic E-state index is -0.315. The van der Waals surface area contributed by atoms with Crippen LogP contribution in [-0.4, -0.2) is 16.8 Å². The molecule has 114 valence electrons. The van der Waals surface area contributed by atoms with Gasteiger partial charge in [-0.05, 0) is 37.6 Å². The summed E-state index contributed by atoms with van der Waals surface area (Å²) in [4.78, 5) is 0. The molecule has 2 aromatic rings. The summed E-state index contributed by atoms with van der Waals surface area (Å²) in [7, 11) is 1.94. The van der Waals surface area contributed by atoms with Gasteiger partial charge in [-0.25, -0.2) is 4.39 Å². The predicted molar refractivity (Wildman–Crippen MR) is 84.3 cm³/mol. The molecule has 0 spiro atoms. The Balaban J connectivity index is 2.39. The quantitative estimate of drug-likeness (QED) is 0.884. The lowest BCUT2D eigenvalue weighted by Crippen LogP contribution is -2.10. The maximum absolute atomic E-state index is 13.1. The van der Waals surface area contributed by atoms with Gasteiger partial charge >= 0.3 is 0 Å². The third-order valence-electron chi connectivity index (χ3n) is 3.61. The molecule has 0 saturated heterocycles. The Kier molecular flexibility index (Phi) is 5.37. The molecule has 1 aromatic carbocycles. The van der Waals surface area contributed by atoms with Gasteiger partial charge in [0.25, 0.3) is 0 Å². The molecule has 5 heteroatoms. The summed E-state index contributed by atoms with van der Waals surface area (Å²) >= 11 is 6.12. The number of rotatable bonds is 6. The lowest BCUT2D eigenvalue weighted by Gasteiger charge is -2.09. The third kappa shape index (κ3) is 3.44. The van der Waals surface area contributed by atoms with E-state index in [1.807, 2.05) is 11.7 Å². The highest BCUT2D eigenvalue weighted by atomic mass is 35.5. The number of nitrogens with one attached hydrogen (secondary N) is 1. The Morgan fingerprint density at radius 1 is 1.29 bits per heavy atom. The van der Waals surface area contributed by atoms with E-state index < -0.39 is 0 Å². The fraction of sp³-hybridized carbons (Fsp3) is 0.438. The molecule has 0 amide bonds. The first-order chi connectivity index (χ1) is 10.1. The van der Waals surface area contributed by atoms with Gasteiger partial charge in [0.15, 0.2) is 0 Å². The average molecular weight is 310 g/mol. The van der Waals surface area contributed by atoms with Crippen LogP contribution in [0.15, 0.2) is 18.2 Å². The Morgan fingerprint density at radius 3 is 2.62 bits per heavy atom. The van der Waals surface area contributed by atoms with Crippen molar-refractivity contribution in [2.24, 2.45) is 0 Å². The van der Waals surface area contributed by atoms with Crippen LogP contribution in [0.2, 0.25) is 5.02 Å². The Labute approximate surface area is 130 Å². The van der Waals surface area contributed by atoms with Crippen LogP contribution < -0.4 is 5.32 Å². The summed E-state index contributed by atoms with van der Waals surface area (Å²) in [6, 6.07) is 4.51. The van der Waals surface area contributed by atoms with E-state index in [2.05, 4.69) is 19.2 Å². The van der Waals surface area contributed by atoms with Crippen LogP contribution in [0.3, 0.4) is 0 Å². The maximum Gasteiger partial charge on any atom is 0.124 e. The van der Waals surface area contributed by atoms with Gasteiger partial charge in [0.05, 0.1) is 12.2 Å². The standard InChI is InChI=1S/C16H21ClFN3/c1-4-15-13(9-19-3)16(5-2)21(20-15)10-11-6-7-12(18)8-14(11)17/h6-8,19H,4-5,9-10H2,1-3H3. The first kappa shape index (κ1) is 16.0. The minimum Gasteiger partial charge on any atom is -0.316 e.